The highest BCUT2D eigenvalue weighted by Gasteiger charge is 2.29. The van der Waals surface area contributed by atoms with E-state index in [2.05, 4.69) is 44.7 Å². The lowest BCUT2D eigenvalue weighted by Gasteiger charge is -2.10. The highest BCUT2D eigenvalue weighted by molar-refractivity contribution is 6.02. The number of rotatable bonds is 6. The fourth-order valence-electron chi connectivity index (χ4n) is 4.00. The van der Waals surface area contributed by atoms with Gasteiger partial charge in [0.15, 0.2) is 5.82 Å². The van der Waals surface area contributed by atoms with Crippen molar-refractivity contribution in [3.8, 4) is 0 Å². The molecule has 0 aromatic carbocycles. The number of nitrogens with zero attached hydrogens (tertiary/aromatic N) is 4. The minimum atomic E-state index is -0.242. The van der Waals surface area contributed by atoms with Gasteiger partial charge in [-0.1, -0.05) is 6.07 Å². The van der Waals surface area contributed by atoms with E-state index in [-0.39, 0.29) is 5.91 Å². The molecule has 2 N–H and O–H groups in total. The zero-order chi connectivity index (χ0) is 20.4. The minimum Gasteiger partial charge on any atom is -0.378 e. The highest BCUT2D eigenvalue weighted by atomic mass is 16.5. The number of ether oxygens (including phenoxy) is 1. The number of hydrogen-bond acceptors (Lipinski definition) is 5. The van der Waals surface area contributed by atoms with Crippen LogP contribution in [0.2, 0.25) is 0 Å². The van der Waals surface area contributed by atoms with Gasteiger partial charge in [-0.3, -0.25) is 19.6 Å². The molecule has 8 nitrogen and oxygen atoms in total. The van der Waals surface area contributed by atoms with E-state index in [1.54, 1.807) is 24.9 Å². The third-order valence-electron chi connectivity index (χ3n) is 5.52. The molecule has 8 heteroatoms. The predicted molar refractivity (Wildman–Crippen MR) is 109 cm³/mol. The molecule has 1 aliphatic rings. The molecule has 3 aromatic heterocycles. The molecule has 1 saturated carbocycles. The van der Waals surface area contributed by atoms with Gasteiger partial charge in [-0.15, -0.1) is 0 Å². The van der Waals surface area contributed by atoms with Crippen LogP contribution in [0, 0.1) is 6.92 Å². The minimum absolute atomic E-state index is 0.242. The Balaban J connectivity index is 1.40. The Bertz CT molecular complexity index is 991. The summed E-state index contributed by atoms with van der Waals surface area (Å²) in [5, 5.41) is 14.5. The molecule has 0 unspecified atom stereocenters. The van der Waals surface area contributed by atoms with Crippen molar-refractivity contribution in [2.24, 2.45) is 7.05 Å². The molecule has 0 radical (unpaired) electrons. The lowest BCUT2D eigenvalue weighted by Crippen LogP contribution is -2.16. The number of aromatic nitrogens is 5. The molecule has 1 fully saturated rings. The molecular weight excluding hydrogens is 368 g/mol. The fraction of sp³-hybridized carbons (Fsp3) is 0.429. The number of methoxy groups -OCH3 is 1. The Kier molecular flexibility index (Phi) is 5.44. The maximum atomic E-state index is 12.6. The molecule has 3 heterocycles. The van der Waals surface area contributed by atoms with Crippen LogP contribution in [-0.2, 0) is 18.4 Å². The van der Waals surface area contributed by atoms with Crippen molar-refractivity contribution in [3.63, 3.8) is 0 Å². The van der Waals surface area contributed by atoms with E-state index in [4.69, 9.17) is 4.74 Å². The molecular formula is C21H26N6O2. The standard InChI is InChI=1S/C21H26N6O2/c1-13-4-7-17(22-11-13)14-5-6-15(8-14)18-10-20(25-24-18)23-21(28)19-9-16(12-29-3)26-27(19)2/h4,7,9-11,14-15H,5-6,8,12H2,1-3H3,(H2,23,24,25,28)/t14-,15-/m1/s1. The summed E-state index contributed by atoms with van der Waals surface area (Å²) in [5.41, 5.74) is 4.58. The topological polar surface area (TPSA) is 97.7 Å². The van der Waals surface area contributed by atoms with Crippen LogP contribution in [0.4, 0.5) is 5.82 Å². The fourth-order valence-corrected chi connectivity index (χ4v) is 4.00. The van der Waals surface area contributed by atoms with Gasteiger partial charge in [-0.25, -0.2) is 0 Å². The Hall–Kier alpha value is -3.00. The average Bonchev–Trinajstić information content (AvgIpc) is 3.42. The number of carbonyl (C=O) groups excluding carboxylic acids is 1. The van der Waals surface area contributed by atoms with Gasteiger partial charge in [0.2, 0.25) is 0 Å². The van der Waals surface area contributed by atoms with Crippen LogP contribution in [0.15, 0.2) is 30.5 Å². The maximum Gasteiger partial charge on any atom is 0.275 e. The van der Waals surface area contributed by atoms with E-state index in [1.165, 1.54) is 5.56 Å². The van der Waals surface area contributed by atoms with Crippen LogP contribution in [0.5, 0.6) is 0 Å². The summed E-state index contributed by atoms with van der Waals surface area (Å²) in [6, 6.07) is 7.91. The van der Waals surface area contributed by atoms with Crippen LogP contribution in [0.3, 0.4) is 0 Å². The van der Waals surface area contributed by atoms with Gasteiger partial charge in [0.25, 0.3) is 5.91 Å². The first-order valence-corrected chi connectivity index (χ1v) is 9.84. The third-order valence-corrected chi connectivity index (χ3v) is 5.52. The molecule has 4 rings (SSSR count). The molecule has 3 aromatic rings. The first kappa shape index (κ1) is 19.3. The molecule has 2 atom stereocenters. The Morgan fingerprint density at radius 1 is 1.31 bits per heavy atom. The van der Waals surface area contributed by atoms with E-state index in [0.717, 1.165) is 30.7 Å². The van der Waals surface area contributed by atoms with Crippen molar-refractivity contribution in [3.05, 3.63) is 58.8 Å². The molecule has 0 aliphatic heterocycles. The van der Waals surface area contributed by atoms with E-state index in [1.807, 2.05) is 12.3 Å². The molecule has 0 saturated heterocycles. The molecule has 29 heavy (non-hydrogen) atoms. The van der Waals surface area contributed by atoms with Crippen LogP contribution in [0.1, 0.15) is 64.2 Å². The van der Waals surface area contributed by atoms with Gasteiger partial charge in [0, 0.05) is 49.6 Å². The van der Waals surface area contributed by atoms with Crippen LogP contribution < -0.4 is 5.32 Å². The van der Waals surface area contributed by atoms with E-state index < -0.39 is 0 Å². The number of anilines is 1. The van der Waals surface area contributed by atoms with Crippen molar-refractivity contribution in [1.82, 2.24) is 25.0 Å². The third kappa shape index (κ3) is 4.22. The lowest BCUT2D eigenvalue weighted by atomic mass is 9.99. The number of H-pyrrole nitrogens is 1. The summed E-state index contributed by atoms with van der Waals surface area (Å²) in [5.74, 6) is 1.15. The predicted octanol–water partition coefficient (Wildman–Crippen LogP) is 3.30. The Labute approximate surface area is 169 Å². The second-order valence-corrected chi connectivity index (χ2v) is 7.71. The monoisotopic (exact) mass is 394 g/mol. The zero-order valence-corrected chi connectivity index (χ0v) is 17.0. The Morgan fingerprint density at radius 3 is 2.90 bits per heavy atom. The smallest absolute Gasteiger partial charge is 0.275 e. The largest absolute Gasteiger partial charge is 0.378 e. The summed E-state index contributed by atoms with van der Waals surface area (Å²) < 4.78 is 6.62. The highest BCUT2D eigenvalue weighted by Crippen LogP contribution is 2.42. The average molecular weight is 394 g/mol. The maximum absolute atomic E-state index is 12.6. The number of hydrogen-bond donors (Lipinski definition) is 2. The van der Waals surface area contributed by atoms with E-state index in [9.17, 15) is 4.79 Å². The molecule has 1 amide bonds. The molecule has 1 aliphatic carbocycles. The normalized spacial score (nSPS) is 18.9. The van der Waals surface area contributed by atoms with Crippen molar-refractivity contribution in [2.75, 3.05) is 12.4 Å². The van der Waals surface area contributed by atoms with Gasteiger partial charge in [-0.05, 0) is 43.9 Å². The molecule has 0 bridgehead atoms. The van der Waals surface area contributed by atoms with Gasteiger partial charge in [0.1, 0.15) is 5.69 Å². The summed E-state index contributed by atoms with van der Waals surface area (Å²) in [7, 11) is 3.34. The van der Waals surface area contributed by atoms with Crippen molar-refractivity contribution in [2.45, 2.75) is 44.6 Å². The lowest BCUT2D eigenvalue weighted by molar-refractivity contribution is 0.101. The summed E-state index contributed by atoms with van der Waals surface area (Å²) in [6.07, 6.45) is 5.16. The first-order chi connectivity index (χ1) is 14.0. The Morgan fingerprint density at radius 2 is 2.14 bits per heavy atom. The van der Waals surface area contributed by atoms with Gasteiger partial charge < -0.3 is 10.1 Å². The number of amides is 1. The molecule has 152 valence electrons. The van der Waals surface area contributed by atoms with Gasteiger partial charge >= 0.3 is 0 Å². The van der Waals surface area contributed by atoms with Crippen molar-refractivity contribution < 1.29 is 9.53 Å². The van der Waals surface area contributed by atoms with Gasteiger partial charge in [0.05, 0.1) is 12.3 Å². The van der Waals surface area contributed by atoms with Crippen molar-refractivity contribution in [1.29, 1.82) is 0 Å². The van der Waals surface area contributed by atoms with E-state index in [0.29, 0.717) is 35.6 Å². The number of aryl methyl sites for hydroxylation is 2. The van der Waals surface area contributed by atoms with Gasteiger partial charge in [-0.2, -0.15) is 10.2 Å². The second kappa shape index (κ2) is 8.16. The van der Waals surface area contributed by atoms with Crippen molar-refractivity contribution >= 4 is 11.7 Å². The summed E-state index contributed by atoms with van der Waals surface area (Å²) in [4.78, 5) is 17.2. The van der Waals surface area contributed by atoms with Crippen LogP contribution in [-0.4, -0.2) is 38.0 Å². The van der Waals surface area contributed by atoms with Crippen LogP contribution >= 0.6 is 0 Å². The first-order valence-electron chi connectivity index (χ1n) is 9.84. The quantitative estimate of drug-likeness (QED) is 0.668. The van der Waals surface area contributed by atoms with E-state index >= 15 is 0 Å². The SMILES string of the molecule is COCc1cc(C(=O)Nc2cc([C@@H]3CC[C@@H](c4ccc(C)cn4)C3)[nH]n2)n(C)n1. The second-order valence-electron chi connectivity index (χ2n) is 7.71. The number of aromatic amines is 1. The summed E-state index contributed by atoms with van der Waals surface area (Å²) in [6.45, 7) is 2.42. The van der Waals surface area contributed by atoms with Crippen LogP contribution in [0.25, 0.3) is 0 Å². The summed E-state index contributed by atoms with van der Waals surface area (Å²) >= 11 is 0. The number of nitrogens with one attached hydrogen (secondary N) is 2. The molecule has 0 spiro atoms. The number of pyridine rings is 1. The zero-order valence-electron chi connectivity index (χ0n) is 17.0. The number of carbonyl (C=O) groups is 1.